The van der Waals surface area contributed by atoms with Gasteiger partial charge in [-0.05, 0) is 48.1 Å². The summed E-state index contributed by atoms with van der Waals surface area (Å²) in [5, 5.41) is 11.4. The Kier molecular flexibility index (Phi) is 4.41. The van der Waals surface area contributed by atoms with Gasteiger partial charge in [-0.25, -0.2) is 0 Å². The molecular weight excluding hydrogens is 374 g/mol. The van der Waals surface area contributed by atoms with Crippen LogP contribution in [-0.2, 0) is 4.79 Å². The summed E-state index contributed by atoms with van der Waals surface area (Å²) in [6.45, 7) is 0. The maximum Gasteiger partial charge on any atom is 0.256 e. The Morgan fingerprint density at radius 1 is 0.967 bits per heavy atom. The topological polar surface area (TPSA) is 67.0 Å². The molecular formula is C25H19N3O2. The van der Waals surface area contributed by atoms with Gasteiger partial charge in [0.25, 0.3) is 5.91 Å². The number of para-hydroxylation sites is 2. The molecule has 0 spiro atoms. The number of methoxy groups -OCH3 is 1. The van der Waals surface area contributed by atoms with Crippen molar-refractivity contribution in [2.45, 2.75) is 0 Å². The first-order chi connectivity index (χ1) is 14.7. The molecule has 2 heterocycles. The van der Waals surface area contributed by atoms with Crippen LogP contribution in [0.5, 0.6) is 5.75 Å². The molecule has 0 radical (unpaired) electrons. The number of ether oxygens (including phenoxy) is 1. The van der Waals surface area contributed by atoms with Crippen molar-refractivity contribution in [1.29, 1.82) is 0 Å². The van der Waals surface area contributed by atoms with Gasteiger partial charge in [0.05, 0.1) is 18.3 Å². The number of nitrogens with one attached hydrogen (secondary N) is 2. The number of carbonyl (C=O) groups excluding carboxylic acids is 1. The predicted octanol–water partition coefficient (Wildman–Crippen LogP) is 5.23. The Labute approximate surface area is 173 Å². The molecule has 30 heavy (non-hydrogen) atoms. The monoisotopic (exact) mass is 393 g/mol. The second-order valence-corrected chi connectivity index (χ2v) is 7.05. The molecule has 3 aromatic carbocycles. The van der Waals surface area contributed by atoms with Gasteiger partial charge in [0, 0.05) is 27.8 Å². The first kappa shape index (κ1) is 17.9. The van der Waals surface area contributed by atoms with Gasteiger partial charge in [0.2, 0.25) is 0 Å². The van der Waals surface area contributed by atoms with Crippen molar-refractivity contribution in [3.8, 4) is 5.75 Å². The quantitative estimate of drug-likeness (QED) is 0.466. The standard InChI is InChI=1S/C25H19N3O2/c1-30-24-9-5-2-6-17(24)11-13-22-19-12-10-16(15-23(19)28-27-22)14-20-18-7-3-4-8-21(18)26-25(20)29/h2-15H,1H3,(H,26,29)(H,27,28). The van der Waals surface area contributed by atoms with E-state index in [1.807, 2.05) is 85.0 Å². The molecule has 2 N–H and O–H groups in total. The number of H-pyrrole nitrogens is 1. The van der Waals surface area contributed by atoms with Crippen LogP contribution in [0.3, 0.4) is 0 Å². The molecule has 0 atom stereocenters. The number of anilines is 1. The third kappa shape index (κ3) is 3.16. The van der Waals surface area contributed by atoms with E-state index in [1.54, 1.807) is 7.11 Å². The van der Waals surface area contributed by atoms with Crippen LogP contribution in [0.2, 0.25) is 0 Å². The summed E-state index contributed by atoms with van der Waals surface area (Å²) in [7, 11) is 1.66. The van der Waals surface area contributed by atoms with Crippen LogP contribution in [-0.4, -0.2) is 23.2 Å². The maximum absolute atomic E-state index is 12.4. The lowest BCUT2D eigenvalue weighted by Crippen LogP contribution is -2.03. The van der Waals surface area contributed by atoms with Gasteiger partial charge >= 0.3 is 0 Å². The molecule has 0 fully saturated rings. The molecule has 0 saturated heterocycles. The fourth-order valence-electron chi connectivity index (χ4n) is 3.70. The van der Waals surface area contributed by atoms with Gasteiger partial charge < -0.3 is 10.1 Å². The van der Waals surface area contributed by atoms with E-state index in [1.165, 1.54) is 0 Å². The summed E-state index contributed by atoms with van der Waals surface area (Å²) in [5.41, 5.74) is 6.12. The van der Waals surface area contributed by atoms with E-state index in [9.17, 15) is 4.79 Å². The van der Waals surface area contributed by atoms with Crippen LogP contribution >= 0.6 is 0 Å². The SMILES string of the molecule is COc1ccccc1C=Cc1n[nH]c2cc(C=C3C(=O)Nc4ccccc43)ccc12. The van der Waals surface area contributed by atoms with Crippen molar-refractivity contribution in [2.24, 2.45) is 0 Å². The van der Waals surface area contributed by atoms with Gasteiger partial charge in [-0.3, -0.25) is 9.89 Å². The lowest BCUT2D eigenvalue weighted by atomic mass is 10.0. The Bertz CT molecular complexity index is 1330. The largest absolute Gasteiger partial charge is 0.496 e. The smallest absolute Gasteiger partial charge is 0.256 e. The van der Waals surface area contributed by atoms with Crippen molar-refractivity contribution in [1.82, 2.24) is 10.2 Å². The Morgan fingerprint density at radius 2 is 1.80 bits per heavy atom. The predicted molar refractivity (Wildman–Crippen MR) is 121 cm³/mol. The van der Waals surface area contributed by atoms with Crippen molar-refractivity contribution in [3.05, 3.63) is 89.1 Å². The molecule has 5 rings (SSSR count). The summed E-state index contributed by atoms with van der Waals surface area (Å²) in [4.78, 5) is 12.4. The summed E-state index contributed by atoms with van der Waals surface area (Å²) in [6.07, 6.45) is 5.87. The fourth-order valence-corrected chi connectivity index (χ4v) is 3.70. The molecule has 146 valence electrons. The van der Waals surface area contributed by atoms with Crippen molar-refractivity contribution >= 4 is 46.3 Å². The van der Waals surface area contributed by atoms with Crippen LogP contribution in [0.4, 0.5) is 5.69 Å². The van der Waals surface area contributed by atoms with Gasteiger partial charge in [-0.2, -0.15) is 5.10 Å². The normalized spacial score (nSPS) is 14.4. The van der Waals surface area contributed by atoms with Gasteiger partial charge in [-0.15, -0.1) is 0 Å². The van der Waals surface area contributed by atoms with Gasteiger partial charge in [0.1, 0.15) is 5.75 Å². The number of nitrogens with zero attached hydrogens (tertiary/aromatic N) is 1. The first-order valence-corrected chi connectivity index (χ1v) is 9.64. The van der Waals surface area contributed by atoms with Gasteiger partial charge in [0.15, 0.2) is 0 Å². The molecule has 1 aliphatic heterocycles. The zero-order chi connectivity index (χ0) is 20.5. The zero-order valence-electron chi connectivity index (χ0n) is 16.3. The second-order valence-electron chi connectivity index (χ2n) is 7.05. The number of hydrogen-bond acceptors (Lipinski definition) is 3. The Balaban J connectivity index is 1.48. The summed E-state index contributed by atoms with van der Waals surface area (Å²) < 4.78 is 5.40. The number of amides is 1. The van der Waals surface area contributed by atoms with E-state index in [-0.39, 0.29) is 5.91 Å². The lowest BCUT2D eigenvalue weighted by Gasteiger charge is -2.02. The molecule has 5 nitrogen and oxygen atoms in total. The number of fused-ring (bicyclic) bond motifs is 2. The lowest BCUT2D eigenvalue weighted by molar-refractivity contribution is -0.110. The van der Waals surface area contributed by atoms with E-state index in [0.717, 1.165) is 44.7 Å². The van der Waals surface area contributed by atoms with Crippen LogP contribution in [0, 0.1) is 0 Å². The van der Waals surface area contributed by atoms with E-state index in [4.69, 9.17) is 4.74 Å². The Morgan fingerprint density at radius 3 is 2.70 bits per heavy atom. The van der Waals surface area contributed by atoms with Crippen molar-refractivity contribution in [2.75, 3.05) is 12.4 Å². The van der Waals surface area contributed by atoms with Crippen LogP contribution in [0.1, 0.15) is 22.4 Å². The number of aromatic nitrogens is 2. The van der Waals surface area contributed by atoms with Crippen LogP contribution < -0.4 is 10.1 Å². The number of rotatable bonds is 4. The molecule has 4 aromatic rings. The number of hydrogen-bond donors (Lipinski definition) is 2. The zero-order valence-corrected chi connectivity index (χ0v) is 16.3. The average Bonchev–Trinajstić information content (AvgIpc) is 3.32. The van der Waals surface area contributed by atoms with E-state index >= 15 is 0 Å². The summed E-state index contributed by atoms with van der Waals surface area (Å²) in [5.74, 6) is 0.735. The maximum atomic E-state index is 12.4. The van der Waals surface area contributed by atoms with E-state index < -0.39 is 0 Å². The molecule has 5 heteroatoms. The molecule has 0 bridgehead atoms. The minimum atomic E-state index is -0.0821. The molecule has 1 aliphatic rings. The molecule has 0 aliphatic carbocycles. The minimum absolute atomic E-state index is 0.0821. The van der Waals surface area contributed by atoms with Crippen LogP contribution in [0.15, 0.2) is 66.7 Å². The molecule has 1 amide bonds. The van der Waals surface area contributed by atoms with Gasteiger partial charge in [-0.1, -0.05) is 42.5 Å². The highest BCUT2D eigenvalue weighted by Gasteiger charge is 2.23. The number of benzene rings is 3. The van der Waals surface area contributed by atoms with E-state index in [0.29, 0.717) is 5.57 Å². The highest BCUT2D eigenvalue weighted by Crippen LogP contribution is 2.33. The number of carbonyl (C=O) groups is 1. The average molecular weight is 393 g/mol. The third-order valence-electron chi connectivity index (χ3n) is 5.20. The highest BCUT2D eigenvalue weighted by atomic mass is 16.5. The first-order valence-electron chi connectivity index (χ1n) is 9.64. The summed E-state index contributed by atoms with van der Waals surface area (Å²) in [6, 6.07) is 21.6. The summed E-state index contributed by atoms with van der Waals surface area (Å²) >= 11 is 0. The van der Waals surface area contributed by atoms with Crippen molar-refractivity contribution in [3.63, 3.8) is 0 Å². The third-order valence-corrected chi connectivity index (χ3v) is 5.20. The number of aromatic amines is 1. The van der Waals surface area contributed by atoms with E-state index in [2.05, 4.69) is 15.5 Å². The second kappa shape index (κ2) is 7.37. The Hall–Kier alpha value is -4.12. The molecule has 1 aromatic heterocycles. The fraction of sp³-hybridized carbons (Fsp3) is 0.0400. The minimum Gasteiger partial charge on any atom is -0.496 e. The highest BCUT2D eigenvalue weighted by molar-refractivity contribution is 6.34. The molecule has 0 unspecified atom stereocenters. The van der Waals surface area contributed by atoms with Crippen LogP contribution in [0.25, 0.3) is 34.7 Å². The van der Waals surface area contributed by atoms with Crippen molar-refractivity contribution < 1.29 is 9.53 Å². The molecule has 0 saturated carbocycles.